The summed E-state index contributed by atoms with van der Waals surface area (Å²) in [4.78, 5) is 13.3. The van der Waals surface area contributed by atoms with Crippen LogP contribution in [0.5, 0.6) is 0 Å². The zero-order valence-electron chi connectivity index (χ0n) is 14.8. The van der Waals surface area contributed by atoms with Crippen molar-refractivity contribution in [1.82, 2.24) is 20.2 Å². The minimum absolute atomic E-state index is 0.0112. The normalized spacial score (nSPS) is 15.3. The van der Waals surface area contributed by atoms with Crippen LogP contribution in [-0.2, 0) is 10.2 Å². The Morgan fingerprint density at radius 3 is 2.70 bits per heavy atom. The molecule has 0 aliphatic heterocycles. The molecule has 0 unspecified atom stereocenters. The molecule has 3 aromatic rings. The summed E-state index contributed by atoms with van der Waals surface area (Å²) in [5.74, 6) is 6.95. The first kappa shape index (κ1) is 18.1. The van der Waals surface area contributed by atoms with Crippen LogP contribution < -0.4 is 11.2 Å². The zero-order valence-corrected chi connectivity index (χ0v) is 16.4. The summed E-state index contributed by atoms with van der Waals surface area (Å²) in [5, 5.41) is 13.8. The topological polar surface area (TPSA) is 85.8 Å². The second-order valence-electron chi connectivity index (χ2n) is 6.72. The van der Waals surface area contributed by atoms with Crippen LogP contribution in [0.15, 0.2) is 53.0 Å². The second-order valence-corrected chi connectivity index (χ2v) is 8.61. The lowest BCUT2D eigenvalue weighted by Crippen LogP contribution is -2.46. The van der Waals surface area contributed by atoms with Gasteiger partial charge in [0.05, 0.1) is 10.6 Å². The molecular weight excluding hydrogens is 378 g/mol. The first-order valence-electron chi connectivity index (χ1n) is 8.87. The predicted molar refractivity (Wildman–Crippen MR) is 109 cm³/mol. The maximum absolute atomic E-state index is 12.4. The summed E-state index contributed by atoms with van der Waals surface area (Å²) in [7, 11) is 0. The van der Waals surface area contributed by atoms with Crippen LogP contribution in [0.3, 0.4) is 0 Å². The summed E-state index contributed by atoms with van der Waals surface area (Å²) in [5.41, 5.74) is 1.40. The fourth-order valence-corrected chi connectivity index (χ4v) is 4.75. The van der Waals surface area contributed by atoms with Gasteiger partial charge in [-0.2, -0.15) is 0 Å². The van der Waals surface area contributed by atoms with Crippen molar-refractivity contribution in [1.29, 1.82) is 0 Å². The number of aromatic nitrogens is 3. The highest BCUT2D eigenvalue weighted by molar-refractivity contribution is 7.99. The number of nitrogens with two attached hydrogens (primary N) is 1. The molecule has 1 saturated carbocycles. The number of amides is 1. The van der Waals surface area contributed by atoms with Gasteiger partial charge < -0.3 is 11.2 Å². The first-order chi connectivity index (χ1) is 13.2. The van der Waals surface area contributed by atoms with Crippen molar-refractivity contribution in [3.05, 3.63) is 53.4 Å². The molecule has 1 aromatic carbocycles. The Bertz CT molecular complexity index is 904. The number of benzene rings is 1. The van der Waals surface area contributed by atoms with Gasteiger partial charge in [0.1, 0.15) is 0 Å². The molecule has 0 spiro atoms. The second kappa shape index (κ2) is 7.74. The standard InChI is InChI=1S/C19H21N5OS2/c20-24-17(15-8-4-11-26-15)22-23-18(24)27-12-16(25)21-13-19(9-5-10-19)14-6-2-1-3-7-14/h1-4,6-8,11H,5,9-10,12-13,20H2,(H,21,25). The molecule has 1 fully saturated rings. The monoisotopic (exact) mass is 399 g/mol. The van der Waals surface area contributed by atoms with E-state index in [0.29, 0.717) is 17.5 Å². The minimum Gasteiger partial charge on any atom is -0.354 e. The van der Waals surface area contributed by atoms with Gasteiger partial charge in [-0.05, 0) is 29.9 Å². The van der Waals surface area contributed by atoms with Crippen LogP contribution in [0, 0.1) is 0 Å². The number of carbonyl (C=O) groups excluding carboxylic acids is 1. The van der Waals surface area contributed by atoms with Crippen molar-refractivity contribution in [2.45, 2.75) is 29.8 Å². The van der Waals surface area contributed by atoms with E-state index in [1.807, 2.05) is 23.6 Å². The van der Waals surface area contributed by atoms with Crippen LogP contribution in [0.1, 0.15) is 24.8 Å². The van der Waals surface area contributed by atoms with Gasteiger partial charge in [-0.25, -0.2) is 4.68 Å². The number of thioether (sulfide) groups is 1. The van der Waals surface area contributed by atoms with E-state index in [9.17, 15) is 4.79 Å². The van der Waals surface area contributed by atoms with Crippen molar-refractivity contribution in [2.24, 2.45) is 0 Å². The van der Waals surface area contributed by atoms with Gasteiger partial charge in [0.25, 0.3) is 0 Å². The third-order valence-electron chi connectivity index (χ3n) is 5.06. The van der Waals surface area contributed by atoms with Gasteiger partial charge >= 0.3 is 0 Å². The number of nitrogens with one attached hydrogen (secondary N) is 1. The van der Waals surface area contributed by atoms with Gasteiger partial charge in [-0.15, -0.1) is 21.5 Å². The van der Waals surface area contributed by atoms with Crippen molar-refractivity contribution < 1.29 is 4.79 Å². The fraction of sp³-hybridized carbons (Fsp3) is 0.316. The molecule has 8 heteroatoms. The maximum Gasteiger partial charge on any atom is 0.230 e. The SMILES string of the molecule is Nn1c(SCC(=O)NCC2(c3ccccc3)CCC2)nnc1-c1cccs1. The predicted octanol–water partition coefficient (Wildman–Crippen LogP) is 3.05. The molecule has 1 amide bonds. The number of thiophene rings is 1. The Hall–Kier alpha value is -2.32. The highest BCUT2D eigenvalue weighted by Crippen LogP contribution is 2.43. The number of carbonyl (C=O) groups is 1. The summed E-state index contributed by atoms with van der Waals surface area (Å²) in [6.45, 7) is 0.673. The molecule has 4 rings (SSSR count). The Morgan fingerprint density at radius 1 is 1.22 bits per heavy atom. The third kappa shape index (κ3) is 3.72. The summed E-state index contributed by atoms with van der Waals surface area (Å²) in [6.07, 6.45) is 3.44. The molecule has 0 saturated heterocycles. The summed E-state index contributed by atoms with van der Waals surface area (Å²) >= 11 is 2.86. The number of nitrogen functional groups attached to an aromatic ring is 1. The lowest BCUT2D eigenvalue weighted by Gasteiger charge is -2.42. The highest BCUT2D eigenvalue weighted by atomic mass is 32.2. The first-order valence-corrected chi connectivity index (χ1v) is 10.7. The van der Waals surface area contributed by atoms with Crippen LogP contribution in [-0.4, -0.2) is 33.1 Å². The minimum atomic E-state index is -0.0112. The molecule has 0 radical (unpaired) electrons. The average molecular weight is 400 g/mol. The number of rotatable bonds is 7. The van der Waals surface area contributed by atoms with Crippen molar-refractivity contribution in [3.63, 3.8) is 0 Å². The van der Waals surface area contributed by atoms with E-state index in [4.69, 9.17) is 5.84 Å². The number of hydrogen-bond donors (Lipinski definition) is 2. The zero-order chi connectivity index (χ0) is 18.7. The molecule has 2 heterocycles. The molecule has 27 heavy (non-hydrogen) atoms. The van der Waals surface area contributed by atoms with E-state index in [0.717, 1.165) is 17.7 Å². The summed E-state index contributed by atoms with van der Waals surface area (Å²) < 4.78 is 1.45. The molecular formula is C19H21N5OS2. The van der Waals surface area contributed by atoms with Gasteiger partial charge in [0.15, 0.2) is 5.82 Å². The lowest BCUT2D eigenvalue weighted by atomic mass is 9.64. The molecule has 1 aliphatic carbocycles. The van der Waals surface area contributed by atoms with E-state index >= 15 is 0 Å². The lowest BCUT2D eigenvalue weighted by molar-refractivity contribution is -0.119. The smallest absolute Gasteiger partial charge is 0.230 e. The van der Waals surface area contributed by atoms with E-state index < -0.39 is 0 Å². The largest absolute Gasteiger partial charge is 0.354 e. The third-order valence-corrected chi connectivity index (χ3v) is 6.87. The van der Waals surface area contributed by atoms with Crippen LogP contribution in [0.2, 0.25) is 0 Å². The Labute approximate surface area is 166 Å². The number of hydrogen-bond acceptors (Lipinski definition) is 6. The van der Waals surface area contributed by atoms with Crippen molar-refractivity contribution >= 4 is 29.0 Å². The van der Waals surface area contributed by atoms with Crippen LogP contribution in [0.4, 0.5) is 0 Å². The Balaban J connectivity index is 1.33. The van der Waals surface area contributed by atoms with E-state index in [2.05, 4.69) is 39.8 Å². The van der Waals surface area contributed by atoms with Crippen molar-refractivity contribution in [3.8, 4) is 10.7 Å². The van der Waals surface area contributed by atoms with E-state index in [-0.39, 0.29) is 17.1 Å². The Kier molecular flexibility index (Phi) is 5.18. The van der Waals surface area contributed by atoms with Gasteiger partial charge in [0, 0.05) is 12.0 Å². The fourth-order valence-electron chi connectivity index (χ4n) is 3.36. The molecule has 6 nitrogen and oxygen atoms in total. The van der Waals surface area contributed by atoms with Crippen molar-refractivity contribution in [2.75, 3.05) is 18.1 Å². The van der Waals surface area contributed by atoms with Crippen LogP contribution in [0.25, 0.3) is 10.7 Å². The molecule has 0 atom stereocenters. The molecule has 140 valence electrons. The molecule has 2 aromatic heterocycles. The van der Waals surface area contributed by atoms with Gasteiger partial charge in [-0.3, -0.25) is 4.79 Å². The van der Waals surface area contributed by atoms with E-state index in [1.165, 1.54) is 28.4 Å². The average Bonchev–Trinajstić information content (AvgIpc) is 3.30. The molecule has 1 aliphatic rings. The highest BCUT2D eigenvalue weighted by Gasteiger charge is 2.38. The van der Waals surface area contributed by atoms with E-state index in [1.54, 1.807) is 11.3 Å². The molecule has 3 N–H and O–H groups in total. The maximum atomic E-state index is 12.4. The van der Waals surface area contributed by atoms with Crippen LogP contribution >= 0.6 is 23.1 Å². The summed E-state index contributed by atoms with van der Waals surface area (Å²) in [6, 6.07) is 14.3. The Morgan fingerprint density at radius 2 is 2.04 bits per heavy atom. The van der Waals surface area contributed by atoms with Gasteiger partial charge in [-0.1, -0.05) is 54.6 Å². The van der Waals surface area contributed by atoms with Gasteiger partial charge in [0.2, 0.25) is 11.1 Å². The number of nitrogens with zero attached hydrogens (tertiary/aromatic N) is 3. The molecule has 0 bridgehead atoms. The quantitative estimate of drug-likeness (QED) is 0.471.